The molecule has 5 heteroatoms. The smallest absolute Gasteiger partial charge is 0.266 e. The number of ether oxygens (including phenoxy) is 1. The number of amidine groups is 1. The van der Waals surface area contributed by atoms with Crippen LogP contribution >= 0.6 is 11.8 Å². The molecule has 0 saturated carbocycles. The Hall–Kier alpha value is -2.53. The van der Waals surface area contributed by atoms with E-state index in [0.717, 1.165) is 17.0 Å². The quantitative estimate of drug-likeness (QED) is 0.720. The summed E-state index contributed by atoms with van der Waals surface area (Å²) >= 11 is 1.39. The monoisotopic (exact) mass is 366 g/mol. The SMILES string of the molecule is CCOc1cccc(/C=C2/SC(=Nc3ccc(C)c(C)c3)N(C)C2=O)c1. The predicted molar refractivity (Wildman–Crippen MR) is 109 cm³/mol. The molecule has 3 rings (SSSR count). The van der Waals surface area contributed by atoms with Crippen molar-refractivity contribution >= 4 is 34.6 Å². The van der Waals surface area contributed by atoms with Gasteiger partial charge < -0.3 is 4.74 Å². The van der Waals surface area contributed by atoms with Gasteiger partial charge in [-0.25, -0.2) is 4.99 Å². The summed E-state index contributed by atoms with van der Waals surface area (Å²) in [6.07, 6.45) is 1.88. The van der Waals surface area contributed by atoms with Gasteiger partial charge in [0, 0.05) is 7.05 Å². The summed E-state index contributed by atoms with van der Waals surface area (Å²) in [6, 6.07) is 13.8. The standard InChI is InChI=1S/C21H22N2O2S/c1-5-25-18-8-6-7-16(12-18)13-19-20(24)23(4)21(26-19)22-17-10-9-14(2)15(3)11-17/h6-13H,5H2,1-4H3/b19-13+,22-21?. The number of amides is 1. The maximum Gasteiger partial charge on any atom is 0.266 e. The second kappa shape index (κ2) is 7.79. The summed E-state index contributed by atoms with van der Waals surface area (Å²) in [5.41, 5.74) is 4.21. The molecule has 1 saturated heterocycles. The summed E-state index contributed by atoms with van der Waals surface area (Å²) in [6.45, 7) is 6.70. The van der Waals surface area contributed by atoms with Crippen LogP contribution in [0.1, 0.15) is 23.6 Å². The van der Waals surface area contributed by atoms with E-state index in [1.165, 1.54) is 22.9 Å². The summed E-state index contributed by atoms with van der Waals surface area (Å²) in [5, 5.41) is 0.686. The topological polar surface area (TPSA) is 41.9 Å². The largest absolute Gasteiger partial charge is 0.494 e. The van der Waals surface area contributed by atoms with E-state index in [-0.39, 0.29) is 5.91 Å². The van der Waals surface area contributed by atoms with Crippen LogP contribution in [0.3, 0.4) is 0 Å². The van der Waals surface area contributed by atoms with E-state index in [1.54, 1.807) is 11.9 Å². The fourth-order valence-corrected chi connectivity index (χ4v) is 3.56. The number of hydrogen-bond acceptors (Lipinski definition) is 4. The Morgan fingerprint density at radius 2 is 1.96 bits per heavy atom. The number of nitrogens with zero attached hydrogens (tertiary/aromatic N) is 2. The maximum atomic E-state index is 12.6. The zero-order valence-electron chi connectivity index (χ0n) is 15.4. The van der Waals surface area contributed by atoms with Crippen molar-refractivity contribution in [1.29, 1.82) is 0 Å². The highest BCUT2D eigenvalue weighted by Crippen LogP contribution is 2.33. The van der Waals surface area contributed by atoms with Gasteiger partial charge in [-0.15, -0.1) is 0 Å². The zero-order chi connectivity index (χ0) is 18.7. The number of benzene rings is 2. The minimum Gasteiger partial charge on any atom is -0.494 e. The van der Waals surface area contributed by atoms with Gasteiger partial charge in [-0.1, -0.05) is 18.2 Å². The van der Waals surface area contributed by atoms with Crippen LogP contribution in [0, 0.1) is 13.8 Å². The van der Waals surface area contributed by atoms with E-state index in [4.69, 9.17) is 4.74 Å². The predicted octanol–water partition coefficient (Wildman–Crippen LogP) is 4.94. The number of likely N-dealkylation sites (N-methyl/N-ethyl adjacent to an activating group) is 1. The molecule has 2 aromatic carbocycles. The van der Waals surface area contributed by atoms with Crippen LogP contribution in [0.15, 0.2) is 52.4 Å². The number of aryl methyl sites for hydroxylation is 2. The molecule has 4 nitrogen and oxygen atoms in total. The van der Waals surface area contributed by atoms with Gasteiger partial charge in [0.05, 0.1) is 17.2 Å². The third-order valence-corrected chi connectivity index (χ3v) is 5.25. The molecule has 1 aliphatic heterocycles. The van der Waals surface area contributed by atoms with E-state index >= 15 is 0 Å². The lowest BCUT2D eigenvalue weighted by Crippen LogP contribution is -2.23. The van der Waals surface area contributed by atoms with E-state index in [9.17, 15) is 4.79 Å². The Morgan fingerprint density at radius 1 is 1.15 bits per heavy atom. The first-order chi connectivity index (χ1) is 12.5. The maximum absolute atomic E-state index is 12.6. The van der Waals surface area contributed by atoms with Crippen LogP contribution in [0.5, 0.6) is 5.75 Å². The molecule has 1 amide bonds. The first-order valence-electron chi connectivity index (χ1n) is 8.54. The Morgan fingerprint density at radius 3 is 2.69 bits per heavy atom. The number of carbonyl (C=O) groups excluding carboxylic acids is 1. The van der Waals surface area contributed by atoms with Crippen LogP contribution in [-0.2, 0) is 4.79 Å². The molecule has 0 atom stereocenters. The van der Waals surface area contributed by atoms with Gasteiger partial charge in [0.15, 0.2) is 5.17 Å². The first-order valence-corrected chi connectivity index (χ1v) is 9.36. The van der Waals surface area contributed by atoms with Gasteiger partial charge >= 0.3 is 0 Å². The Balaban J connectivity index is 1.87. The van der Waals surface area contributed by atoms with Crippen molar-refractivity contribution in [2.75, 3.05) is 13.7 Å². The number of hydrogen-bond donors (Lipinski definition) is 0. The Kier molecular flexibility index (Phi) is 5.47. The van der Waals surface area contributed by atoms with Gasteiger partial charge in [-0.05, 0) is 79.6 Å². The summed E-state index contributed by atoms with van der Waals surface area (Å²) in [4.78, 5) is 19.5. The second-order valence-electron chi connectivity index (χ2n) is 6.14. The summed E-state index contributed by atoms with van der Waals surface area (Å²) < 4.78 is 5.52. The fourth-order valence-electron chi connectivity index (χ4n) is 2.57. The molecule has 0 aromatic heterocycles. The van der Waals surface area contributed by atoms with Crippen molar-refractivity contribution < 1.29 is 9.53 Å². The molecule has 0 bridgehead atoms. The normalized spacial score (nSPS) is 17.4. The average molecular weight is 366 g/mol. The molecule has 26 heavy (non-hydrogen) atoms. The van der Waals surface area contributed by atoms with E-state index in [1.807, 2.05) is 55.5 Å². The highest BCUT2D eigenvalue weighted by atomic mass is 32.2. The highest BCUT2D eigenvalue weighted by Gasteiger charge is 2.30. The van der Waals surface area contributed by atoms with E-state index < -0.39 is 0 Å². The van der Waals surface area contributed by atoms with Crippen molar-refractivity contribution in [1.82, 2.24) is 4.90 Å². The second-order valence-corrected chi connectivity index (χ2v) is 7.15. The molecule has 0 spiro atoms. The van der Waals surface area contributed by atoms with Crippen LogP contribution in [0.4, 0.5) is 5.69 Å². The molecular formula is C21H22N2O2S. The van der Waals surface area contributed by atoms with Gasteiger partial charge in [-0.2, -0.15) is 0 Å². The molecule has 1 heterocycles. The fraction of sp³-hybridized carbons (Fsp3) is 0.238. The highest BCUT2D eigenvalue weighted by molar-refractivity contribution is 8.18. The lowest BCUT2D eigenvalue weighted by Gasteiger charge is -2.08. The van der Waals surface area contributed by atoms with Crippen LogP contribution in [0.25, 0.3) is 6.08 Å². The minimum absolute atomic E-state index is 0.0422. The van der Waals surface area contributed by atoms with Crippen molar-refractivity contribution in [2.24, 2.45) is 4.99 Å². The minimum atomic E-state index is -0.0422. The Bertz CT molecular complexity index is 903. The van der Waals surface area contributed by atoms with Gasteiger partial charge in [0.2, 0.25) is 0 Å². The molecule has 134 valence electrons. The summed E-state index contributed by atoms with van der Waals surface area (Å²) in [7, 11) is 1.76. The first kappa shape index (κ1) is 18.3. The van der Waals surface area contributed by atoms with Crippen molar-refractivity contribution in [3.05, 3.63) is 64.1 Å². The lowest BCUT2D eigenvalue weighted by molar-refractivity contribution is -0.121. The van der Waals surface area contributed by atoms with Gasteiger partial charge in [0.1, 0.15) is 5.75 Å². The van der Waals surface area contributed by atoms with Crippen LogP contribution in [0.2, 0.25) is 0 Å². The molecule has 1 fully saturated rings. The van der Waals surface area contributed by atoms with Crippen LogP contribution in [-0.4, -0.2) is 29.6 Å². The number of carbonyl (C=O) groups is 1. The third-order valence-electron chi connectivity index (χ3n) is 4.19. The lowest BCUT2D eigenvalue weighted by atomic mass is 10.1. The van der Waals surface area contributed by atoms with Crippen molar-refractivity contribution in [3.63, 3.8) is 0 Å². The molecule has 0 radical (unpaired) electrons. The Labute approximate surface area is 158 Å². The number of aliphatic imine (C=N–C) groups is 1. The van der Waals surface area contributed by atoms with Crippen LogP contribution < -0.4 is 4.74 Å². The van der Waals surface area contributed by atoms with Crippen molar-refractivity contribution in [2.45, 2.75) is 20.8 Å². The number of rotatable bonds is 4. The zero-order valence-corrected chi connectivity index (χ0v) is 16.3. The molecule has 1 aliphatic rings. The van der Waals surface area contributed by atoms with Gasteiger partial charge in [-0.3, -0.25) is 9.69 Å². The van der Waals surface area contributed by atoms with E-state index in [0.29, 0.717) is 16.7 Å². The summed E-state index contributed by atoms with van der Waals surface area (Å²) in [5.74, 6) is 0.758. The number of thioether (sulfide) groups is 1. The molecule has 0 aliphatic carbocycles. The molecular weight excluding hydrogens is 344 g/mol. The third kappa shape index (κ3) is 3.99. The molecule has 0 unspecified atom stereocenters. The van der Waals surface area contributed by atoms with Crippen molar-refractivity contribution in [3.8, 4) is 5.75 Å². The average Bonchev–Trinajstić information content (AvgIpc) is 2.87. The van der Waals surface area contributed by atoms with E-state index in [2.05, 4.69) is 18.8 Å². The molecule has 2 aromatic rings. The molecule has 0 N–H and O–H groups in total. The van der Waals surface area contributed by atoms with Gasteiger partial charge in [0.25, 0.3) is 5.91 Å².